The van der Waals surface area contributed by atoms with E-state index in [1.165, 1.54) is 0 Å². The van der Waals surface area contributed by atoms with Gasteiger partial charge in [0, 0.05) is 36.5 Å². The minimum absolute atomic E-state index is 0.212. The molecule has 0 amide bonds. The number of nitriles is 1. The molecule has 1 fully saturated rings. The average molecular weight is 348 g/mol. The fraction of sp³-hybridized carbons (Fsp3) is 0.316. The van der Waals surface area contributed by atoms with Crippen LogP contribution in [0.4, 0.5) is 5.82 Å². The van der Waals surface area contributed by atoms with Crippen LogP contribution >= 0.6 is 0 Å². The number of aromatic nitrogens is 3. The molecule has 132 valence electrons. The zero-order valence-corrected chi connectivity index (χ0v) is 14.6. The fourth-order valence-corrected chi connectivity index (χ4v) is 3.37. The van der Waals surface area contributed by atoms with E-state index in [0.717, 1.165) is 42.0 Å². The summed E-state index contributed by atoms with van der Waals surface area (Å²) < 4.78 is 7.34. The van der Waals surface area contributed by atoms with Crippen molar-refractivity contribution >= 4 is 11.3 Å². The molecule has 7 heteroatoms. The Labute approximate surface area is 151 Å². The van der Waals surface area contributed by atoms with Crippen molar-refractivity contribution in [3.8, 4) is 22.9 Å². The van der Waals surface area contributed by atoms with Crippen LogP contribution in [0.1, 0.15) is 18.9 Å². The van der Waals surface area contributed by atoms with Crippen LogP contribution in [0.25, 0.3) is 16.6 Å². The number of anilines is 1. The third kappa shape index (κ3) is 2.85. The van der Waals surface area contributed by atoms with Crippen molar-refractivity contribution in [1.29, 1.82) is 5.26 Å². The van der Waals surface area contributed by atoms with Crippen LogP contribution in [0.3, 0.4) is 0 Å². The van der Waals surface area contributed by atoms with Gasteiger partial charge in [0.2, 0.25) is 0 Å². The predicted octanol–water partition coefficient (Wildman–Crippen LogP) is 2.20. The number of rotatable bonds is 4. The second-order valence-electron chi connectivity index (χ2n) is 6.39. The molecule has 0 saturated carbocycles. The first kappa shape index (κ1) is 16.4. The molecule has 7 nitrogen and oxygen atoms in total. The van der Waals surface area contributed by atoms with Crippen molar-refractivity contribution in [2.75, 3.05) is 24.6 Å². The highest BCUT2D eigenvalue weighted by Crippen LogP contribution is 2.31. The SMILES string of the molecule is CCOc1cc(-c2ccc(N3CC[C@@H](N)C3)nc2)c2c(C#N)cnn2c1. The lowest BCUT2D eigenvalue weighted by Gasteiger charge is -2.17. The molecule has 1 atom stereocenters. The van der Waals surface area contributed by atoms with Gasteiger partial charge in [0.25, 0.3) is 0 Å². The number of nitrogens with zero attached hydrogens (tertiary/aromatic N) is 5. The third-order valence-electron chi connectivity index (χ3n) is 4.63. The Balaban J connectivity index is 1.77. The van der Waals surface area contributed by atoms with Crippen LogP contribution in [0.15, 0.2) is 36.8 Å². The normalized spacial score (nSPS) is 16.8. The lowest BCUT2D eigenvalue weighted by atomic mass is 10.1. The van der Waals surface area contributed by atoms with Gasteiger partial charge in [-0.05, 0) is 31.5 Å². The van der Waals surface area contributed by atoms with Crippen molar-refractivity contribution in [2.24, 2.45) is 5.73 Å². The van der Waals surface area contributed by atoms with E-state index in [4.69, 9.17) is 10.5 Å². The van der Waals surface area contributed by atoms with Gasteiger partial charge in [-0.1, -0.05) is 0 Å². The summed E-state index contributed by atoms with van der Waals surface area (Å²) in [4.78, 5) is 6.81. The minimum atomic E-state index is 0.212. The monoisotopic (exact) mass is 348 g/mol. The van der Waals surface area contributed by atoms with E-state index in [1.54, 1.807) is 16.9 Å². The van der Waals surface area contributed by atoms with E-state index in [-0.39, 0.29) is 6.04 Å². The summed E-state index contributed by atoms with van der Waals surface area (Å²) in [6, 6.07) is 8.37. The summed E-state index contributed by atoms with van der Waals surface area (Å²) >= 11 is 0. The first-order valence-corrected chi connectivity index (χ1v) is 8.71. The Hall–Kier alpha value is -3.11. The summed E-state index contributed by atoms with van der Waals surface area (Å²) in [6.45, 7) is 4.25. The molecular formula is C19H20N6O. The molecule has 1 saturated heterocycles. The topological polar surface area (TPSA) is 92.5 Å². The van der Waals surface area contributed by atoms with Crippen molar-refractivity contribution in [3.05, 3.63) is 42.4 Å². The number of hydrogen-bond acceptors (Lipinski definition) is 6. The number of pyridine rings is 2. The highest BCUT2D eigenvalue weighted by atomic mass is 16.5. The van der Waals surface area contributed by atoms with Gasteiger partial charge in [-0.3, -0.25) is 0 Å². The van der Waals surface area contributed by atoms with Gasteiger partial charge in [-0.2, -0.15) is 10.4 Å². The average Bonchev–Trinajstić information content (AvgIpc) is 3.27. The molecule has 3 aromatic heterocycles. The highest BCUT2D eigenvalue weighted by molar-refractivity contribution is 5.85. The van der Waals surface area contributed by atoms with Gasteiger partial charge < -0.3 is 15.4 Å². The summed E-state index contributed by atoms with van der Waals surface area (Å²) in [6.07, 6.45) is 6.18. The van der Waals surface area contributed by atoms with Crippen molar-refractivity contribution in [1.82, 2.24) is 14.6 Å². The van der Waals surface area contributed by atoms with Crippen LogP contribution in [-0.4, -0.2) is 40.3 Å². The summed E-state index contributed by atoms with van der Waals surface area (Å²) in [5, 5.41) is 13.7. The molecule has 26 heavy (non-hydrogen) atoms. The molecular weight excluding hydrogens is 328 g/mol. The van der Waals surface area contributed by atoms with Gasteiger partial charge >= 0.3 is 0 Å². The molecule has 1 aliphatic heterocycles. The van der Waals surface area contributed by atoms with E-state index in [1.807, 2.05) is 31.3 Å². The van der Waals surface area contributed by atoms with Gasteiger partial charge in [0.1, 0.15) is 17.6 Å². The third-order valence-corrected chi connectivity index (χ3v) is 4.63. The smallest absolute Gasteiger partial charge is 0.138 e. The maximum atomic E-state index is 9.41. The Morgan fingerprint density at radius 1 is 1.38 bits per heavy atom. The molecule has 0 bridgehead atoms. The Bertz CT molecular complexity index is 972. The zero-order chi connectivity index (χ0) is 18.1. The lowest BCUT2D eigenvalue weighted by Crippen LogP contribution is -2.26. The summed E-state index contributed by atoms with van der Waals surface area (Å²) in [7, 11) is 0. The minimum Gasteiger partial charge on any atom is -0.492 e. The molecule has 2 N–H and O–H groups in total. The number of hydrogen-bond donors (Lipinski definition) is 1. The summed E-state index contributed by atoms with van der Waals surface area (Å²) in [5.41, 5.74) is 9.07. The Morgan fingerprint density at radius 2 is 2.27 bits per heavy atom. The molecule has 4 rings (SSSR count). The molecule has 0 radical (unpaired) electrons. The van der Waals surface area contributed by atoms with Crippen LogP contribution < -0.4 is 15.4 Å². The number of nitrogens with two attached hydrogens (primary N) is 1. The molecule has 1 aliphatic rings. The molecule has 0 aliphatic carbocycles. The second-order valence-corrected chi connectivity index (χ2v) is 6.39. The number of ether oxygens (including phenoxy) is 1. The van der Waals surface area contributed by atoms with E-state index in [0.29, 0.717) is 17.9 Å². The van der Waals surface area contributed by atoms with E-state index >= 15 is 0 Å². The van der Waals surface area contributed by atoms with Gasteiger partial charge in [-0.15, -0.1) is 0 Å². The predicted molar refractivity (Wildman–Crippen MR) is 99.1 cm³/mol. The van der Waals surface area contributed by atoms with Crippen molar-refractivity contribution in [2.45, 2.75) is 19.4 Å². The maximum absolute atomic E-state index is 9.41. The zero-order valence-electron chi connectivity index (χ0n) is 14.6. The largest absolute Gasteiger partial charge is 0.492 e. The van der Waals surface area contributed by atoms with Gasteiger partial charge in [-0.25, -0.2) is 9.50 Å². The van der Waals surface area contributed by atoms with Crippen molar-refractivity contribution < 1.29 is 4.74 Å². The van der Waals surface area contributed by atoms with Crippen LogP contribution in [0, 0.1) is 11.3 Å². The van der Waals surface area contributed by atoms with Crippen LogP contribution in [-0.2, 0) is 0 Å². The fourth-order valence-electron chi connectivity index (χ4n) is 3.37. The van der Waals surface area contributed by atoms with Crippen LogP contribution in [0.2, 0.25) is 0 Å². The van der Waals surface area contributed by atoms with Gasteiger partial charge in [0.15, 0.2) is 0 Å². The lowest BCUT2D eigenvalue weighted by molar-refractivity contribution is 0.338. The molecule has 0 unspecified atom stereocenters. The second kappa shape index (κ2) is 6.65. The van der Waals surface area contributed by atoms with Gasteiger partial charge in [0.05, 0.1) is 30.1 Å². The quantitative estimate of drug-likeness (QED) is 0.777. The molecule has 3 aromatic rings. The van der Waals surface area contributed by atoms with Crippen LogP contribution in [0.5, 0.6) is 5.75 Å². The molecule has 4 heterocycles. The number of fused-ring (bicyclic) bond motifs is 1. The maximum Gasteiger partial charge on any atom is 0.138 e. The first-order chi connectivity index (χ1) is 12.7. The summed E-state index contributed by atoms with van der Waals surface area (Å²) in [5.74, 6) is 1.63. The Morgan fingerprint density at radius 3 is 2.92 bits per heavy atom. The highest BCUT2D eigenvalue weighted by Gasteiger charge is 2.20. The molecule has 0 spiro atoms. The molecule has 0 aromatic carbocycles. The standard InChI is InChI=1S/C19H20N6O/c1-2-26-16-7-17(19-14(8-20)10-23-25(19)12-16)13-3-4-18(22-9-13)24-6-5-15(21)11-24/h3-4,7,9-10,12,15H,2,5-6,11,21H2,1H3/t15-/m1/s1. The van der Waals surface area contributed by atoms with E-state index in [2.05, 4.69) is 21.1 Å². The Kier molecular flexibility index (Phi) is 4.19. The van der Waals surface area contributed by atoms with Crippen molar-refractivity contribution in [3.63, 3.8) is 0 Å². The van der Waals surface area contributed by atoms with E-state index < -0.39 is 0 Å². The van der Waals surface area contributed by atoms with E-state index in [9.17, 15) is 5.26 Å². The first-order valence-electron chi connectivity index (χ1n) is 8.71.